The number of methoxy groups -OCH3 is 1. The Morgan fingerprint density at radius 1 is 0.955 bits per heavy atom. The summed E-state index contributed by atoms with van der Waals surface area (Å²) in [7, 11) is 1.68. The fraction of sp³-hybridized carbons (Fsp3) is 0.778. The summed E-state index contributed by atoms with van der Waals surface area (Å²) in [6.07, 6.45) is 15.8. The Kier molecular flexibility index (Phi) is 10.1. The molecule has 0 N–H and O–H groups in total. The molecule has 2 radical (unpaired) electrons. The van der Waals surface area contributed by atoms with Gasteiger partial charge < -0.3 is 0 Å². The Labute approximate surface area is 146 Å². The summed E-state index contributed by atoms with van der Waals surface area (Å²) in [5.41, 5.74) is 0. The summed E-state index contributed by atoms with van der Waals surface area (Å²) in [4.78, 5) is 9.03. The second-order valence-corrected chi connectivity index (χ2v) is 11.4. The van der Waals surface area contributed by atoms with Crippen molar-refractivity contribution in [3.05, 3.63) is 12.4 Å². The van der Waals surface area contributed by atoms with Crippen LogP contribution >= 0.6 is 0 Å². The zero-order valence-corrected chi connectivity index (χ0v) is 17.7. The molecular weight excluding hydrogens is 379 g/mol. The molecule has 1 aromatic heterocycles. The summed E-state index contributed by atoms with van der Waals surface area (Å²) in [5.74, 6) is 0.675. The quantitative estimate of drug-likeness (QED) is 0.474. The summed E-state index contributed by atoms with van der Waals surface area (Å²) in [5, 5.41) is 0. The number of nitrogens with zero attached hydrogens (tertiary/aromatic N) is 2. The van der Waals surface area contributed by atoms with Crippen molar-refractivity contribution in [3.8, 4) is 5.88 Å². The molecule has 4 heteroatoms. The Hall–Kier alpha value is -0.321. The molecule has 0 bridgehead atoms. The fourth-order valence-electron chi connectivity index (χ4n) is 2.89. The second-order valence-electron chi connectivity index (χ2n) is 6.16. The molecule has 0 aliphatic heterocycles. The molecule has 22 heavy (non-hydrogen) atoms. The first kappa shape index (κ1) is 19.7. The second kappa shape index (κ2) is 11.3. The summed E-state index contributed by atoms with van der Waals surface area (Å²) < 4.78 is 7.08. The van der Waals surface area contributed by atoms with Gasteiger partial charge in [-0.1, -0.05) is 0 Å². The molecular formula is C18H32N2OSn. The van der Waals surface area contributed by atoms with Crippen molar-refractivity contribution in [3.63, 3.8) is 0 Å². The van der Waals surface area contributed by atoms with Crippen LogP contribution in [0.5, 0.6) is 5.88 Å². The van der Waals surface area contributed by atoms with Crippen LogP contribution in [0.4, 0.5) is 0 Å². The number of unbranched alkanes of at least 4 members (excludes halogenated alkanes) is 3. The average molecular weight is 411 g/mol. The maximum atomic E-state index is 5.27. The van der Waals surface area contributed by atoms with Gasteiger partial charge in [-0.15, -0.1) is 0 Å². The SMILES string of the molecule is CCCC[C](CCCC)(CCCC)[Sn][c]1cncc(OC)n1. The molecule has 124 valence electrons. The zero-order valence-electron chi connectivity index (χ0n) is 14.8. The van der Waals surface area contributed by atoms with Crippen LogP contribution in [0.3, 0.4) is 0 Å². The van der Waals surface area contributed by atoms with E-state index in [2.05, 4.69) is 25.8 Å². The molecule has 0 aliphatic carbocycles. The van der Waals surface area contributed by atoms with E-state index in [9.17, 15) is 0 Å². The van der Waals surface area contributed by atoms with Gasteiger partial charge in [0, 0.05) is 0 Å². The molecule has 0 saturated heterocycles. The third kappa shape index (κ3) is 6.84. The van der Waals surface area contributed by atoms with Crippen LogP contribution in [0, 0.1) is 0 Å². The molecule has 0 fully saturated rings. The van der Waals surface area contributed by atoms with Crippen LogP contribution in [-0.4, -0.2) is 38.2 Å². The molecule has 0 aliphatic rings. The predicted octanol–water partition coefficient (Wildman–Crippen LogP) is 4.54. The van der Waals surface area contributed by atoms with Gasteiger partial charge in [-0.25, -0.2) is 0 Å². The zero-order chi connectivity index (χ0) is 16.3. The van der Waals surface area contributed by atoms with E-state index in [1.165, 1.54) is 61.5 Å². The normalized spacial score (nSPS) is 11.6. The van der Waals surface area contributed by atoms with E-state index in [-0.39, 0.29) is 0 Å². The number of hydrogen-bond donors (Lipinski definition) is 0. The van der Waals surface area contributed by atoms with Gasteiger partial charge in [0.05, 0.1) is 0 Å². The van der Waals surface area contributed by atoms with Crippen LogP contribution in [0.25, 0.3) is 0 Å². The van der Waals surface area contributed by atoms with Gasteiger partial charge in [-0.2, -0.15) is 0 Å². The van der Waals surface area contributed by atoms with E-state index in [0.717, 1.165) is 0 Å². The van der Waals surface area contributed by atoms with Crippen LogP contribution in [0.15, 0.2) is 12.4 Å². The first-order valence-electron chi connectivity index (χ1n) is 8.84. The third-order valence-corrected chi connectivity index (χ3v) is 9.31. The van der Waals surface area contributed by atoms with Crippen molar-refractivity contribution in [2.75, 3.05) is 7.11 Å². The van der Waals surface area contributed by atoms with E-state index in [0.29, 0.717) is 9.31 Å². The van der Waals surface area contributed by atoms with E-state index < -0.39 is 21.1 Å². The fourth-order valence-corrected chi connectivity index (χ4v) is 7.89. The van der Waals surface area contributed by atoms with E-state index >= 15 is 0 Å². The topological polar surface area (TPSA) is 35.0 Å². The molecule has 0 amide bonds. The standard InChI is InChI=1S/C13H27.C5H5N2O.Sn/c1-4-7-10-13(11-8-5-2)12-9-6-3;1-8-5-4-6-2-3-7-5;/h4-12H2,1-3H3;2,4H,1H3;. The van der Waals surface area contributed by atoms with Crippen LogP contribution in [0.1, 0.15) is 78.6 Å². The number of hydrogen-bond acceptors (Lipinski definition) is 3. The Bertz CT molecular complexity index is 390. The van der Waals surface area contributed by atoms with Crippen molar-refractivity contribution in [1.82, 2.24) is 9.97 Å². The Morgan fingerprint density at radius 3 is 1.95 bits per heavy atom. The number of ether oxygens (including phenoxy) is 1. The molecule has 1 aromatic rings. The van der Waals surface area contributed by atoms with Gasteiger partial charge >= 0.3 is 147 Å². The predicted molar refractivity (Wildman–Crippen MR) is 95.2 cm³/mol. The minimum atomic E-state index is -0.783. The van der Waals surface area contributed by atoms with E-state index in [1.807, 2.05) is 6.20 Å². The van der Waals surface area contributed by atoms with Crippen LogP contribution < -0.4 is 8.45 Å². The minimum absolute atomic E-state index is 0.562. The van der Waals surface area contributed by atoms with Crippen molar-refractivity contribution >= 4 is 24.9 Å². The molecule has 1 heterocycles. The Balaban J connectivity index is 2.92. The van der Waals surface area contributed by atoms with Gasteiger partial charge in [0.25, 0.3) is 0 Å². The molecule has 0 aromatic carbocycles. The van der Waals surface area contributed by atoms with E-state index in [4.69, 9.17) is 9.72 Å². The van der Waals surface area contributed by atoms with Gasteiger partial charge in [0.2, 0.25) is 0 Å². The van der Waals surface area contributed by atoms with E-state index in [1.54, 1.807) is 13.3 Å². The van der Waals surface area contributed by atoms with Gasteiger partial charge in [0.15, 0.2) is 0 Å². The summed E-state index contributed by atoms with van der Waals surface area (Å²) in [6.45, 7) is 6.92. The molecule has 0 spiro atoms. The first-order chi connectivity index (χ1) is 10.7. The molecule has 1 rings (SSSR count). The molecule has 0 unspecified atom stereocenters. The van der Waals surface area contributed by atoms with Crippen molar-refractivity contribution < 1.29 is 4.74 Å². The molecule has 3 nitrogen and oxygen atoms in total. The molecule has 0 atom stereocenters. The number of aromatic nitrogens is 2. The average Bonchev–Trinajstić information content (AvgIpc) is 2.56. The number of rotatable bonds is 12. The monoisotopic (exact) mass is 412 g/mol. The van der Waals surface area contributed by atoms with Gasteiger partial charge in [-0.3, -0.25) is 0 Å². The van der Waals surface area contributed by atoms with Gasteiger partial charge in [0.1, 0.15) is 0 Å². The molecule has 0 saturated carbocycles. The van der Waals surface area contributed by atoms with Crippen molar-refractivity contribution in [2.45, 2.75) is 82.0 Å². The Morgan fingerprint density at radius 2 is 1.50 bits per heavy atom. The third-order valence-electron chi connectivity index (χ3n) is 4.24. The van der Waals surface area contributed by atoms with Crippen LogP contribution in [-0.2, 0) is 0 Å². The van der Waals surface area contributed by atoms with Crippen LogP contribution in [0.2, 0.25) is 3.43 Å². The van der Waals surface area contributed by atoms with Gasteiger partial charge in [-0.05, 0) is 0 Å². The van der Waals surface area contributed by atoms with Crippen molar-refractivity contribution in [1.29, 1.82) is 0 Å². The maximum absolute atomic E-state index is 5.27. The summed E-state index contributed by atoms with van der Waals surface area (Å²) in [6, 6.07) is 0. The van der Waals surface area contributed by atoms with Crippen molar-refractivity contribution in [2.24, 2.45) is 0 Å². The first-order valence-corrected chi connectivity index (χ1v) is 11.7. The summed E-state index contributed by atoms with van der Waals surface area (Å²) >= 11 is -0.783.